The maximum absolute atomic E-state index is 13.1. The number of carbonyl (C=O) groups excluding carboxylic acids is 1. The minimum Gasteiger partial charge on any atom is -0.375 e. The monoisotopic (exact) mass is 435 g/mol. The molecule has 1 unspecified atom stereocenters. The van der Waals surface area contributed by atoms with Crippen molar-refractivity contribution in [3.05, 3.63) is 83.3 Å². The van der Waals surface area contributed by atoms with E-state index in [1.165, 1.54) is 6.20 Å². The number of amides is 1. The van der Waals surface area contributed by atoms with Crippen LogP contribution in [0.1, 0.15) is 35.7 Å². The normalized spacial score (nSPS) is 16.3. The van der Waals surface area contributed by atoms with Crippen molar-refractivity contribution in [2.24, 2.45) is 5.92 Å². The van der Waals surface area contributed by atoms with Gasteiger partial charge in [0.2, 0.25) is 0 Å². The molecule has 1 aliphatic heterocycles. The standard InChI is InChI=1S/C24H26ClN5O/c1-24(17-8-12-26-13-9-17,18-10-14-27-15-11-18)30-21-5-3-2-4-20(21)23(31)29-22-7-6-19(25)16-28-22/h2-9,12-13,16,18,27,30H,10-11,14-15H2,1H3,(H,28,29,31). The predicted octanol–water partition coefficient (Wildman–Crippen LogP) is 4.71. The average Bonchev–Trinajstić information content (AvgIpc) is 2.82. The Morgan fingerprint density at radius 2 is 1.84 bits per heavy atom. The molecule has 7 heteroatoms. The summed E-state index contributed by atoms with van der Waals surface area (Å²) >= 11 is 5.90. The third-order valence-corrected chi connectivity index (χ3v) is 6.19. The smallest absolute Gasteiger partial charge is 0.258 e. The van der Waals surface area contributed by atoms with Crippen molar-refractivity contribution in [3.63, 3.8) is 0 Å². The third-order valence-electron chi connectivity index (χ3n) is 5.97. The van der Waals surface area contributed by atoms with Crippen molar-refractivity contribution in [1.29, 1.82) is 0 Å². The van der Waals surface area contributed by atoms with E-state index in [0.29, 0.717) is 22.3 Å². The summed E-state index contributed by atoms with van der Waals surface area (Å²) in [6.45, 7) is 4.18. The van der Waals surface area contributed by atoms with E-state index < -0.39 is 0 Å². The number of benzene rings is 1. The molecule has 2 aromatic heterocycles. The van der Waals surface area contributed by atoms with Crippen LogP contribution in [0.4, 0.5) is 11.5 Å². The summed E-state index contributed by atoms with van der Waals surface area (Å²) < 4.78 is 0. The fourth-order valence-corrected chi connectivity index (χ4v) is 4.32. The van der Waals surface area contributed by atoms with E-state index in [0.717, 1.165) is 37.2 Å². The van der Waals surface area contributed by atoms with Crippen LogP contribution in [0, 0.1) is 5.92 Å². The number of piperidine rings is 1. The first-order chi connectivity index (χ1) is 15.1. The Bertz CT molecular complexity index is 1020. The van der Waals surface area contributed by atoms with Crippen molar-refractivity contribution < 1.29 is 4.79 Å². The lowest BCUT2D eigenvalue weighted by atomic mass is 9.75. The molecule has 0 aliphatic carbocycles. The summed E-state index contributed by atoms with van der Waals surface area (Å²) in [6, 6.07) is 15.1. The summed E-state index contributed by atoms with van der Waals surface area (Å²) in [5, 5.41) is 10.6. The molecule has 6 nitrogen and oxygen atoms in total. The summed E-state index contributed by atoms with van der Waals surface area (Å²) in [7, 11) is 0. The van der Waals surface area contributed by atoms with Gasteiger partial charge in [-0.05, 0) is 80.7 Å². The number of nitrogens with one attached hydrogen (secondary N) is 3. The highest BCUT2D eigenvalue weighted by molar-refractivity contribution is 6.30. The van der Waals surface area contributed by atoms with E-state index in [2.05, 4.69) is 45.0 Å². The Hall–Kier alpha value is -2.96. The van der Waals surface area contributed by atoms with Crippen molar-refractivity contribution in [2.75, 3.05) is 23.7 Å². The maximum atomic E-state index is 13.1. The van der Waals surface area contributed by atoms with Crippen molar-refractivity contribution in [3.8, 4) is 0 Å². The molecule has 1 amide bonds. The fourth-order valence-electron chi connectivity index (χ4n) is 4.21. The Morgan fingerprint density at radius 3 is 2.55 bits per heavy atom. The number of carbonyl (C=O) groups is 1. The van der Waals surface area contributed by atoms with Gasteiger partial charge in [0.15, 0.2) is 0 Å². The zero-order chi connectivity index (χ0) is 21.7. The quantitative estimate of drug-likeness (QED) is 0.522. The van der Waals surface area contributed by atoms with Crippen molar-refractivity contribution >= 4 is 29.0 Å². The predicted molar refractivity (Wildman–Crippen MR) is 124 cm³/mol. The van der Waals surface area contributed by atoms with Gasteiger partial charge in [-0.25, -0.2) is 4.98 Å². The number of para-hydroxylation sites is 1. The first-order valence-electron chi connectivity index (χ1n) is 10.5. The minimum absolute atomic E-state index is 0.222. The fraction of sp³-hybridized carbons (Fsp3) is 0.292. The molecule has 0 saturated carbocycles. The third kappa shape index (κ3) is 4.86. The van der Waals surface area contributed by atoms with E-state index >= 15 is 0 Å². The van der Waals surface area contributed by atoms with Gasteiger partial charge in [-0.2, -0.15) is 0 Å². The Balaban J connectivity index is 1.65. The lowest BCUT2D eigenvalue weighted by Gasteiger charge is -2.42. The molecule has 0 spiro atoms. The second-order valence-electron chi connectivity index (χ2n) is 7.95. The second-order valence-corrected chi connectivity index (χ2v) is 8.39. The van der Waals surface area contributed by atoms with Gasteiger partial charge in [0, 0.05) is 24.3 Å². The van der Waals surface area contributed by atoms with Crippen LogP contribution in [0.5, 0.6) is 0 Å². The van der Waals surface area contributed by atoms with E-state index in [1.807, 2.05) is 36.7 Å². The van der Waals surface area contributed by atoms with Gasteiger partial charge in [-0.3, -0.25) is 9.78 Å². The molecule has 3 heterocycles. The number of rotatable bonds is 6. The molecular weight excluding hydrogens is 410 g/mol. The molecule has 0 bridgehead atoms. The van der Waals surface area contributed by atoms with Crippen molar-refractivity contribution in [1.82, 2.24) is 15.3 Å². The SMILES string of the molecule is CC(Nc1ccccc1C(=O)Nc1ccc(Cl)cn1)(c1ccncc1)C1CCNCC1. The minimum atomic E-state index is -0.347. The average molecular weight is 436 g/mol. The zero-order valence-electron chi connectivity index (χ0n) is 17.4. The van der Waals surface area contributed by atoms with Crippen molar-refractivity contribution in [2.45, 2.75) is 25.3 Å². The van der Waals surface area contributed by atoms with Crippen LogP contribution in [0.3, 0.4) is 0 Å². The number of aromatic nitrogens is 2. The topological polar surface area (TPSA) is 78.9 Å². The highest BCUT2D eigenvalue weighted by Crippen LogP contribution is 2.38. The Labute approximate surface area is 187 Å². The lowest BCUT2D eigenvalue weighted by Crippen LogP contribution is -2.45. The molecule has 1 fully saturated rings. The number of hydrogen-bond donors (Lipinski definition) is 3. The number of pyridine rings is 2. The number of hydrogen-bond acceptors (Lipinski definition) is 5. The summed E-state index contributed by atoms with van der Waals surface area (Å²) in [6.07, 6.45) is 7.25. The van der Waals surface area contributed by atoms with Gasteiger partial charge < -0.3 is 16.0 Å². The molecule has 4 rings (SSSR count). The van der Waals surface area contributed by atoms with Crippen LogP contribution in [-0.4, -0.2) is 29.0 Å². The summed E-state index contributed by atoms with van der Waals surface area (Å²) in [5.74, 6) is 0.643. The first kappa shape index (κ1) is 21.3. The van der Waals surface area contributed by atoms with Crippen LogP contribution in [0.2, 0.25) is 5.02 Å². The van der Waals surface area contributed by atoms with Crippen LogP contribution in [-0.2, 0) is 5.54 Å². The van der Waals surface area contributed by atoms with Crippen LogP contribution in [0.25, 0.3) is 0 Å². The molecule has 0 radical (unpaired) electrons. The number of nitrogens with zero attached hydrogens (tertiary/aromatic N) is 2. The van der Waals surface area contributed by atoms with E-state index in [9.17, 15) is 4.79 Å². The molecule has 1 atom stereocenters. The molecule has 160 valence electrons. The van der Waals surface area contributed by atoms with Crippen LogP contribution >= 0.6 is 11.6 Å². The molecule has 31 heavy (non-hydrogen) atoms. The zero-order valence-corrected chi connectivity index (χ0v) is 18.2. The molecule has 1 aliphatic rings. The van der Waals surface area contributed by atoms with E-state index in [1.54, 1.807) is 12.1 Å². The van der Waals surface area contributed by atoms with E-state index in [-0.39, 0.29) is 11.4 Å². The van der Waals surface area contributed by atoms with Gasteiger partial charge in [-0.15, -0.1) is 0 Å². The highest BCUT2D eigenvalue weighted by atomic mass is 35.5. The summed E-state index contributed by atoms with van der Waals surface area (Å²) in [4.78, 5) is 21.4. The molecule has 3 N–H and O–H groups in total. The molecule has 1 aromatic carbocycles. The van der Waals surface area contributed by atoms with Crippen LogP contribution in [0.15, 0.2) is 67.1 Å². The lowest BCUT2D eigenvalue weighted by molar-refractivity contribution is 0.102. The Kier molecular flexibility index (Phi) is 6.49. The molecular formula is C24H26ClN5O. The van der Waals surface area contributed by atoms with Gasteiger partial charge in [0.05, 0.1) is 16.1 Å². The van der Waals surface area contributed by atoms with Gasteiger partial charge in [0.25, 0.3) is 5.91 Å². The van der Waals surface area contributed by atoms with Gasteiger partial charge in [0.1, 0.15) is 5.82 Å². The Morgan fingerprint density at radius 1 is 1.10 bits per heavy atom. The van der Waals surface area contributed by atoms with Gasteiger partial charge >= 0.3 is 0 Å². The van der Waals surface area contributed by atoms with E-state index in [4.69, 9.17) is 11.6 Å². The number of anilines is 2. The molecule has 3 aromatic rings. The van der Waals surface area contributed by atoms with Gasteiger partial charge in [-0.1, -0.05) is 23.7 Å². The molecule has 1 saturated heterocycles. The first-order valence-corrected chi connectivity index (χ1v) is 10.9. The second kappa shape index (κ2) is 9.45. The highest BCUT2D eigenvalue weighted by Gasteiger charge is 2.37. The number of halogens is 1. The maximum Gasteiger partial charge on any atom is 0.258 e. The summed E-state index contributed by atoms with van der Waals surface area (Å²) in [5.41, 5.74) is 2.16. The van der Waals surface area contributed by atoms with Crippen LogP contribution < -0.4 is 16.0 Å². The largest absolute Gasteiger partial charge is 0.375 e.